The van der Waals surface area contributed by atoms with E-state index in [0.717, 1.165) is 12.8 Å². The van der Waals surface area contributed by atoms with E-state index in [2.05, 4.69) is 17.6 Å². The number of carbonyl (C=O) groups is 2. The van der Waals surface area contributed by atoms with Gasteiger partial charge in [-0.05, 0) is 24.7 Å². The van der Waals surface area contributed by atoms with Crippen molar-refractivity contribution < 1.29 is 14.7 Å². The lowest BCUT2D eigenvalue weighted by molar-refractivity contribution is -0.136. The lowest BCUT2D eigenvalue weighted by Gasteiger charge is -2.15. The first kappa shape index (κ1) is 12.8. The van der Waals surface area contributed by atoms with Crippen LogP contribution in [0.15, 0.2) is 0 Å². The Labute approximate surface area is 95.6 Å². The molecule has 0 bridgehead atoms. The van der Waals surface area contributed by atoms with Crippen molar-refractivity contribution in [1.29, 1.82) is 0 Å². The summed E-state index contributed by atoms with van der Waals surface area (Å²) >= 11 is 0. The number of carboxylic acids is 1. The smallest absolute Gasteiger partial charge is 0.314 e. The Morgan fingerprint density at radius 3 is 2.50 bits per heavy atom. The first-order valence-electron chi connectivity index (χ1n) is 5.81. The van der Waals surface area contributed by atoms with Crippen LogP contribution in [-0.4, -0.2) is 30.2 Å². The standard InChI is InChI=1S/C11H20N2O3/c1-2-4-11(5-6-11)8-13-10(16)12-7-3-9(14)15/h2-8H2,1H3,(H,14,15)(H2,12,13,16). The molecular weight excluding hydrogens is 208 g/mol. The molecule has 0 aromatic carbocycles. The van der Waals surface area contributed by atoms with Crippen molar-refractivity contribution in [3.8, 4) is 0 Å². The van der Waals surface area contributed by atoms with Crippen molar-refractivity contribution in [3.63, 3.8) is 0 Å². The fourth-order valence-electron chi connectivity index (χ4n) is 1.84. The number of nitrogens with one attached hydrogen (secondary N) is 2. The third kappa shape index (κ3) is 4.51. The van der Waals surface area contributed by atoms with Gasteiger partial charge in [0.1, 0.15) is 0 Å². The topological polar surface area (TPSA) is 78.4 Å². The van der Waals surface area contributed by atoms with Crippen LogP contribution in [0, 0.1) is 5.41 Å². The van der Waals surface area contributed by atoms with E-state index >= 15 is 0 Å². The van der Waals surface area contributed by atoms with Crippen molar-refractivity contribution in [2.75, 3.05) is 13.1 Å². The van der Waals surface area contributed by atoms with Crippen molar-refractivity contribution in [2.45, 2.75) is 39.0 Å². The van der Waals surface area contributed by atoms with Crippen LogP contribution in [-0.2, 0) is 4.79 Å². The predicted molar refractivity (Wildman–Crippen MR) is 60.2 cm³/mol. The van der Waals surface area contributed by atoms with Crippen molar-refractivity contribution in [1.82, 2.24) is 10.6 Å². The van der Waals surface area contributed by atoms with E-state index in [0.29, 0.717) is 12.0 Å². The minimum atomic E-state index is -0.898. The molecule has 1 fully saturated rings. The average molecular weight is 228 g/mol. The SMILES string of the molecule is CCCC1(CNC(=O)NCCC(=O)O)CC1. The van der Waals surface area contributed by atoms with Crippen LogP contribution >= 0.6 is 0 Å². The minimum absolute atomic E-state index is 0.0342. The molecule has 0 saturated heterocycles. The van der Waals surface area contributed by atoms with Gasteiger partial charge in [0, 0.05) is 13.1 Å². The summed E-state index contributed by atoms with van der Waals surface area (Å²) in [6.07, 6.45) is 4.64. The summed E-state index contributed by atoms with van der Waals surface area (Å²) in [6.45, 7) is 3.04. The summed E-state index contributed by atoms with van der Waals surface area (Å²) in [6, 6.07) is -0.261. The molecule has 1 aliphatic carbocycles. The largest absolute Gasteiger partial charge is 0.481 e. The maximum Gasteiger partial charge on any atom is 0.314 e. The number of carboxylic acid groups (broad SMARTS) is 1. The zero-order valence-electron chi connectivity index (χ0n) is 9.71. The lowest BCUT2D eigenvalue weighted by atomic mass is 10.0. The van der Waals surface area contributed by atoms with Crippen LogP contribution in [0.5, 0.6) is 0 Å². The predicted octanol–water partition coefficient (Wildman–Crippen LogP) is 1.34. The van der Waals surface area contributed by atoms with Crippen molar-refractivity contribution in [2.24, 2.45) is 5.41 Å². The van der Waals surface area contributed by atoms with Crippen LogP contribution in [0.25, 0.3) is 0 Å². The molecule has 2 amide bonds. The summed E-state index contributed by atoms with van der Waals surface area (Å²) in [5, 5.41) is 13.7. The average Bonchev–Trinajstić information content (AvgIpc) is 2.96. The molecule has 0 heterocycles. The van der Waals surface area contributed by atoms with E-state index in [4.69, 9.17) is 5.11 Å². The summed E-state index contributed by atoms with van der Waals surface area (Å²) in [4.78, 5) is 21.5. The second kappa shape index (κ2) is 5.72. The Balaban J connectivity index is 2.08. The Morgan fingerprint density at radius 2 is 2.00 bits per heavy atom. The molecule has 1 aliphatic rings. The number of urea groups is 1. The maximum absolute atomic E-state index is 11.3. The number of rotatable bonds is 7. The molecule has 0 radical (unpaired) electrons. The fraction of sp³-hybridized carbons (Fsp3) is 0.818. The van der Waals surface area contributed by atoms with Crippen molar-refractivity contribution >= 4 is 12.0 Å². The Bertz CT molecular complexity index is 262. The second-order valence-corrected chi connectivity index (χ2v) is 4.50. The fourth-order valence-corrected chi connectivity index (χ4v) is 1.84. The molecule has 5 nitrogen and oxygen atoms in total. The van der Waals surface area contributed by atoms with E-state index in [1.165, 1.54) is 12.8 Å². The molecule has 0 aromatic rings. The van der Waals surface area contributed by atoms with Gasteiger partial charge >= 0.3 is 12.0 Å². The first-order valence-corrected chi connectivity index (χ1v) is 5.81. The highest BCUT2D eigenvalue weighted by molar-refractivity contribution is 5.75. The third-order valence-electron chi connectivity index (χ3n) is 2.99. The van der Waals surface area contributed by atoms with Gasteiger partial charge in [-0.3, -0.25) is 4.79 Å². The maximum atomic E-state index is 11.3. The van der Waals surface area contributed by atoms with Gasteiger partial charge < -0.3 is 15.7 Å². The highest BCUT2D eigenvalue weighted by atomic mass is 16.4. The van der Waals surface area contributed by atoms with Gasteiger partial charge in [-0.2, -0.15) is 0 Å². The van der Waals surface area contributed by atoms with Gasteiger partial charge in [-0.1, -0.05) is 13.3 Å². The molecule has 92 valence electrons. The van der Waals surface area contributed by atoms with E-state index < -0.39 is 5.97 Å². The Kier molecular flexibility index (Phi) is 4.58. The summed E-state index contributed by atoms with van der Waals surface area (Å²) in [7, 11) is 0. The monoisotopic (exact) mass is 228 g/mol. The molecule has 0 aromatic heterocycles. The minimum Gasteiger partial charge on any atom is -0.481 e. The molecule has 0 spiro atoms. The van der Waals surface area contributed by atoms with Gasteiger partial charge in [0.15, 0.2) is 0 Å². The zero-order valence-corrected chi connectivity index (χ0v) is 9.71. The molecule has 3 N–H and O–H groups in total. The molecule has 0 atom stereocenters. The van der Waals surface area contributed by atoms with Crippen LogP contribution in [0.2, 0.25) is 0 Å². The number of carbonyl (C=O) groups excluding carboxylic acids is 1. The molecule has 1 saturated carbocycles. The molecule has 16 heavy (non-hydrogen) atoms. The first-order chi connectivity index (χ1) is 7.58. The quantitative estimate of drug-likeness (QED) is 0.615. The molecule has 5 heteroatoms. The summed E-state index contributed by atoms with van der Waals surface area (Å²) in [5.41, 5.74) is 0.332. The van der Waals surface area contributed by atoms with Gasteiger partial charge in [0.25, 0.3) is 0 Å². The number of aliphatic carboxylic acids is 1. The van der Waals surface area contributed by atoms with Crippen LogP contribution in [0.3, 0.4) is 0 Å². The van der Waals surface area contributed by atoms with Gasteiger partial charge in [-0.25, -0.2) is 4.79 Å². The van der Waals surface area contributed by atoms with Gasteiger partial charge in [0.05, 0.1) is 6.42 Å². The highest BCUT2D eigenvalue weighted by Gasteiger charge is 2.41. The molecule has 0 unspecified atom stereocenters. The molecule has 1 rings (SSSR count). The third-order valence-corrected chi connectivity index (χ3v) is 2.99. The Hall–Kier alpha value is -1.26. The number of amides is 2. The van der Waals surface area contributed by atoms with Crippen LogP contribution < -0.4 is 10.6 Å². The normalized spacial score (nSPS) is 16.6. The van der Waals surface area contributed by atoms with E-state index in [1.54, 1.807) is 0 Å². The number of hydrogen-bond acceptors (Lipinski definition) is 2. The Morgan fingerprint density at radius 1 is 1.31 bits per heavy atom. The molecular formula is C11H20N2O3. The highest BCUT2D eigenvalue weighted by Crippen LogP contribution is 2.48. The van der Waals surface area contributed by atoms with Crippen molar-refractivity contribution in [3.05, 3.63) is 0 Å². The van der Waals surface area contributed by atoms with E-state index in [-0.39, 0.29) is 19.0 Å². The second-order valence-electron chi connectivity index (χ2n) is 4.50. The van der Waals surface area contributed by atoms with Gasteiger partial charge in [0.2, 0.25) is 0 Å². The van der Waals surface area contributed by atoms with E-state index in [9.17, 15) is 9.59 Å². The summed E-state index contributed by atoms with van der Waals surface area (Å²) in [5.74, 6) is -0.898. The van der Waals surface area contributed by atoms with Crippen LogP contribution in [0.4, 0.5) is 4.79 Å². The van der Waals surface area contributed by atoms with Gasteiger partial charge in [-0.15, -0.1) is 0 Å². The van der Waals surface area contributed by atoms with Crippen LogP contribution in [0.1, 0.15) is 39.0 Å². The molecule has 0 aliphatic heterocycles. The van der Waals surface area contributed by atoms with E-state index in [1.807, 2.05) is 0 Å². The lowest BCUT2D eigenvalue weighted by Crippen LogP contribution is -2.39. The summed E-state index contributed by atoms with van der Waals surface area (Å²) < 4.78 is 0. The zero-order chi connectivity index (χ0) is 12.0. The number of hydrogen-bond donors (Lipinski definition) is 3.